The number of nitrogens with one attached hydrogen (secondary N) is 1. The summed E-state index contributed by atoms with van der Waals surface area (Å²) < 4.78 is 21.0. The summed E-state index contributed by atoms with van der Waals surface area (Å²) in [5.41, 5.74) is 7.08. The highest BCUT2D eigenvalue weighted by molar-refractivity contribution is 5.72. The Morgan fingerprint density at radius 1 is 1.19 bits per heavy atom. The molecule has 5 unspecified atom stereocenters. The van der Waals surface area contributed by atoms with Gasteiger partial charge >= 0.3 is 24.0 Å². The fraction of sp³-hybridized carbons (Fsp3) is 0.714. The highest BCUT2D eigenvalue weighted by Gasteiger charge is 2.63. The first-order valence-corrected chi connectivity index (χ1v) is 7.70. The second-order valence-electron chi connectivity index (χ2n) is 5.98. The van der Waals surface area contributed by atoms with Gasteiger partial charge in [-0.15, -0.1) is 0 Å². The largest absolute Gasteiger partial charge is 0.456 e. The van der Waals surface area contributed by atoms with Crippen LogP contribution in [0, 0.1) is 0 Å². The first-order chi connectivity index (χ1) is 12.2. The summed E-state index contributed by atoms with van der Waals surface area (Å²) >= 11 is 0. The predicted octanol–water partition coefficient (Wildman–Crippen LogP) is 0.343. The standard InChI is InChI=1S/C14H18N4O8/c1-6(19)23-10-9-4-14(5-16-18-15,26-13(22)17-9)12(25-8(3)21)11(10)24-7(2)20/h9-12H,4-5H2,1-3H3,(H,17,22). The zero-order valence-corrected chi connectivity index (χ0v) is 14.3. The average molecular weight is 370 g/mol. The van der Waals surface area contributed by atoms with Crippen molar-refractivity contribution in [3.05, 3.63) is 10.4 Å². The molecule has 1 saturated heterocycles. The third-order valence-electron chi connectivity index (χ3n) is 4.00. The number of nitrogens with zero attached hydrogens (tertiary/aromatic N) is 3. The Morgan fingerprint density at radius 3 is 2.31 bits per heavy atom. The van der Waals surface area contributed by atoms with Crippen LogP contribution >= 0.6 is 0 Å². The fourth-order valence-electron chi connectivity index (χ4n) is 3.26. The van der Waals surface area contributed by atoms with E-state index in [4.69, 9.17) is 24.5 Å². The van der Waals surface area contributed by atoms with E-state index in [2.05, 4.69) is 15.3 Å². The molecule has 1 heterocycles. The first kappa shape index (κ1) is 19.3. The van der Waals surface area contributed by atoms with E-state index in [-0.39, 0.29) is 13.0 Å². The minimum atomic E-state index is -1.57. The van der Waals surface area contributed by atoms with Crippen LogP contribution in [0.1, 0.15) is 27.2 Å². The number of hydrogen-bond acceptors (Lipinski definition) is 9. The van der Waals surface area contributed by atoms with E-state index < -0.39 is 54.0 Å². The van der Waals surface area contributed by atoms with Gasteiger partial charge in [-0.25, -0.2) is 4.79 Å². The van der Waals surface area contributed by atoms with Gasteiger partial charge in [-0.2, -0.15) is 0 Å². The molecule has 0 aromatic heterocycles. The summed E-state index contributed by atoms with van der Waals surface area (Å²) in [6.45, 7) is 3.02. The molecule has 26 heavy (non-hydrogen) atoms. The second kappa shape index (κ2) is 7.48. The number of rotatable bonds is 5. The average Bonchev–Trinajstić information content (AvgIpc) is 2.52. The number of fused-ring (bicyclic) bond motifs is 2. The molecule has 0 radical (unpaired) electrons. The maximum Gasteiger partial charge on any atom is 0.408 e. The first-order valence-electron chi connectivity index (χ1n) is 7.70. The minimum Gasteiger partial charge on any atom is -0.456 e. The number of alkyl carbamates (subject to hydrolysis) is 1. The lowest BCUT2D eigenvalue weighted by Gasteiger charge is -2.52. The zero-order valence-electron chi connectivity index (χ0n) is 14.3. The lowest BCUT2D eigenvalue weighted by molar-refractivity contribution is -0.234. The van der Waals surface area contributed by atoms with Crippen molar-refractivity contribution in [1.29, 1.82) is 0 Å². The quantitative estimate of drug-likeness (QED) is 0.238. The molecule has 0 spiro atoms. The van der Waals surface area contributed by atoms with E-state index in [0.717, 1.165) is 20.8 Å². The van der Waals surface area contributed by atoms with Crippen LogP contribution in [-0.4, -0.2) is 60.5 Å². The van der Waals surface area contributed by atoms with Crippen molar-refractivity contribution >= 4 is 24.0 Å². The van der Waals surface area contributed by atoms with Gasteiger partial charge in [0.2, 0.25) is 0 Å². The van der Waals surface area contributed by atoms with Gasteiger partial charge in [0.05, 0.1) is 12.6 Å². The van der Waals surface area contributed by atoms with Crippen LogP contribution in [0.3, 0.4) is 0 Å². The predicted molar refractivity (Wildman–Crippen MR) is 81.4 cm³/mol. The number of ether oxygens (including phenoxy) is 4. The zero-order chi connectivity index (χ0) is 19.5. The Bertz CT molecular complexity index is 672. The number of carbonyl (C=O) groups excluding carboxylic acids is 4. The Labute approximate surface area is 147 Å². The molecule has 142 valence electrons. The Hall–Kier alpha value is -3.01. The summed E-state index contributed by atoms with van der Waals surface area (Å²) in [5.74, 6) is -2.16. The maximum atomic E-state index is 12.0. The molecular formula is C14H18N4O8. The van der Waals surface area contributed by atoms with Crippen LogP contribution < -0.4 is 5.32 Å². The van der Waals surface area contributed by atoms with Gasteiger partial charge in [0.25, 0.3) is 0 Å². The van der Waals surface area contributed by atoms with E-state index in [1.807, 2.05) is 0 Å². The summed E-state index contributed by atoms with van der Waals surface area (Å²) in [7, 11) is 0. The van der Waals surface area contributed by atoms with Crippen LogP contribution in [-0.2, 0) is 33.3 Å². The number of amides is 1. The van der Waals surface area contributed by atoms with Crippen LogP contribution in [0.25, 0.3) is 10.4 Å². The van der Waals surface area contributed by atoms with Gasteiger partial charge in [0.15, 0.2) is 23.9 Å². The van der Waals surface area contributed by atoms with Crippen LogP contribution in [0.2, 0.25) is 0 Å². The summed E-state index contributed by atoms with van der Waals surface area (Å²) in [6, 6.07) is -0.801. The normalized spacial score (nSPS) is 32.2. The Kier molecular flexibility index (Phi) is 5.56. The lowest BCUT2D eigenvalue weighted by atomic mass is 9.74. The van der Waals surface area contributed by atoms with Crippen LogP contribution in [0.4, 0.5) is 4.79 Å². The second-order valence-corrected chi connectivity index (χ2v) is 5.98. The smallest absolute Gasteiger partial charge is 0.408 e. The van der Waals surface area contributed by atoms with Gasteiger partial charge in [-0.05, 0) is 5.53 Å². The van der Waals surface area contributed by atoms with Gasteiger partial charge in [0.1, 0.15) is 0 Å². The third kappa shape index (κ3) is 3.97. The van der Waals surface area contributed by atoms with E-state index >= 15 is 0 Å². The number of azide groups is 1. The van der Waals surface area contributed by atoms with E-state index in [1.54, 1.807) is 0 Å². The molecule has 5 atom stereocenters. The van der Waals surface area contributed by atoms with Crippen molar-refractivity contribution in [2.75, 3.05) is 6.54 Å². The highest BCUT2D eigenvalue weighted by atomic mass is 16.6. The molecule has 1 N–H and O–H groups in total. The number of carbonyl (C=O) groups is 4. The molecule has 2 aliphatic rings. The molecule has 12 heteroatoms. The molecule has 1 aliphatic heterocycles. The monoisotopic (exact) mass is 370 g/mol. The Balaban J connectivity index is 2.54. The van der Waals surface area contributed by atoms with E-state index in [0.29, 0.717) is 0 Å². The van der Waals surface area contributed by atoms with Crippen LogP contribution in [0.15, 0.2) is 5.11 Å². The van der Waals surface area contributed by atoms with Crippen molar-refractivity contribution in [2.45, 2.75) is 57.1 Å². The van der Waals surface area contributed by atoms with Gasteiger partial charge in [-0.3, -0.25) is 14.4 Å². The Morgan fingerprint density at radius 2 is 1.77 bits per heavy atom. The lowest BCUT2D eigenvalue weighted by Crippen LogP contribution is -2.74. The van der Waals surface area contributed by atoms with Crippen molar-refractivity contribution < 1.29 is 38.1 Å². The van der Waals surface area contributed by atoms with Crippen molar-refractivity contribution in [3.63, 3.8) is 0 Å². The van der Waals surface area contributed by atoms with Crippen molar-refractivity contribution in [3.8, 4) is 0 Å². The van der Waals surface area contributed by atoms with Gasteiger partial charge in [0, 0.05) is 32.1 Å². The SMILES string of the molecule is CC(=O)OC1C2CC(CN=[N+]=[N-])(OC(=O)N2)C(OC(C)=O)C1OC(C)=O. The fourth-order valence-corrected chi connectivity index (χ4v) is 3.26. The molecule has 1 saturated carbocycles. The summed E-state index contributed by atoms with van der Waals surface area (Å²) in [4.78, 5) is 49.3. The van der Waals surface area contributed by atoms with Crippen LogP contribution in [0.5, 0.6) is 0 Å². The molecule has 0 aromatic rings. The molecule has 1 amide bonds. The van der Waals surface area contributed by atoms with Gasteiger partial charge < -0.3 is 24.3 Å². The number of hydrogen-bond donors (Lipinski definition) is 1. The number of esters is 3. The molecule has 2 fully saturated rings. The summed E-state index contributed by atoms with van der Waals surface area (Å²) in [6.07, 6.45) is -4.59. The van der Waals surface area contributed by atoms with Gasteiger partial charge in [-0.1, -0.05) is 5.11 Å². The highest BCUT2D eigenvalue weighted by Crippen LogP contribution is 2.40. The van der Waals surface area contributed by atoms with E-state index in [1.165, 1.54) is 0 Å². The third-order valence-corrected chi connectivity index (χ3v) is 4.00. The molecule has 2 bridgehead atoms. The molecule has 1 aliphatic carbocycles. The molecule has 0 aromatic carbocycles. The molecule has 12 nitrogen and oxygen atoms in total. The van der Waals surface area contributed by atoms with E-state index in [9.17, 15) is 19.2 Å². The molecule has 2 rings (SSSR count). The van der Waals surface area contributed by atoms with Crippen molar-refractivity contribution in [2.24, 2.45) is 5.11 Å². The summed E-state index contributed by atoms with van der Waals surface area (Å²) in [5, 5.41) is 5.91. The van der Waals surface area contributed by atoms with Crippen molar-refractivity contribution in [1.82, 2.24) is 5.32 Å². The maximum absolute atomic E-state index is 12.0. The molecular weight excluding hydrogens is 352 g/mol. The topological polar surface area (TPSA) is 166 Å². The minimum absolute atomic E-state index is 0.00538.